The summed E-state index contributed by atoms with van der Waals surface area (Å²) in [5, 5.41) is 7.68. The number of aryl methyl sites for hydroxylation is 1. The Morgan fingerprint density at radius 1 is 1.67 bits per heavy atom. The molecule has 1 aromatic heterocycles. The average Bonchev–Trinajstić information content (AvgIpc) is 2.05. The van der Waals surface area contributed by atoms with Crippen LogP contribution in [0.2, 0.25) is 0 Å². The molecule has 0 aliphatic rings. The van der Waals surface area contributed by atoms with Crippen LogP contribution >= 0.6 is 0 Å². The zero-order valence-electron chi connectivity index (χ0n) is 7.37. The molecule has 0 spiro atoms. The molecule has 0 unspecified atom stereocenters. The summed E-state index contributed by atoms with van der Waals surface area (Å²) in [6, 6.07) is 1.89. The molecule has 0 N–H and O–H groups in total. The van der Waals surface area contributed by atoms with Crippen molar-refractivity contribution in [1.29, 1.82) is 0 Å². The van der Waals surface area contributed by atoms with Crippen molar-refractivity contribution in [1.82, 2.24) is 10.2 Å². The summed E-state index contributed by atoms with van der Waals surface area (Å²) >= 11 is 0. The minimum atomic E-state index is 0.578. The molecule has 1 aromatic rings. The maximum absolute atomic E-state index is 5.19. The highest BCUT2D eigenvalue weighted by molar-refractivity contribution is 5.53. The van der Waals surface area contributed by atoms with Gasteiger partial charge in [-0.2, -0.15) is 5.10 Å². The molecular formula is C9H12N2O. The topological polar surface area (TPSA) is 35.0 Å². The molecule has 3 heteroatoms. The third-order valence-electron chi connectivity index (χ3n) is 1.40. The van der Waals surface area contributed by atoms with Gasteiger partial charge in [0.05, 0.1) is 12.8 Å². The van der Waals surface area contributed by atoms with Crippen LogP contribution in [0.5, 0.6) is 0 Å². The second kappa shape index (κ2) is 3.85. The zero-order chi connectivity index (χ0) is 8.97. The molecule has 1 rings (SSSR count). The quantitative estimate of drug-likeness (QED) is 0.639. The first-order valence-electron chi connectivity index (χ1n) is 3.85. The average molecular weight is 164 g/mol. The number of hydrogen-bond donors (Lipinski definition) is 0. The summed E-state index contributed by atoms with van der Waals surface area (Å²) in [6.45, 7) is 8.20. The lowest BCUT2D eigenvalue weighted by Crippen LogP contribution is -1.95. The molecule has 0 saturated heterocycles. The fourth-order valence-corrected chi connectivity index (χ4v) is 0.848. The van der Waals surface area contributed by atoms with E-state index >= 15 is 0 Å². The predicted molar refractivity (Wildman–Crippen MR) is 47.4 cm³/mol. The Balaban J connectivity index is 2.81. The van der Waals surface area contributed by atoms with Gasteiger partial charge in [0, 0.05) is 0 Å². The van der Waals surface area contributed by atoms with Gasteiger partial charge in [-0.1, -0.05) is 6.58 Å². The maximum Gasteiger partial charge on any atom is 0.139 e. The second-order valence-corrected chi connectivity index (χ2v) is 2.47. The largest absolute Gasteiger partial charge is 0.492 e. The van der Waals surface area contributed by atoms with Crippen LogP contribution < -0.4 is 0 Å². The number of rotatable bonds is 3. The highest BCUT2D eigenvalue weighted by Gasteiger charge is 2.00. The highest BCUT2D eigenvalue weighted by atomic mass is 16.5. The molecule has 0 amide bonds. The van der Waals surface area contributed by atoms with E-state index in [1.54, 1.807) is 6.20 Å². The molecule has 0 fully saturated rings. The summed E-state index contributed by atoms with van der Waals surface area (Å²) < 4.78 is 5.19. The van der Waals surface area contributed by atoms with E-state index in [1.165, 1.54) is 0 Å². The van der Waals surface area contributed by atoms with E-state index in [2.05, 4.69) is 16.8 Å². The predicted octanol–water partition coefficient (Wildman–Crippen LogP) is 1.79. The lowest BCUT2D eigenvalue weighted by Gasteiger charge is -2.04. The summed E-state index contributed by atoms with van der Waals surface area (Å²) in [5.74, 6) is 0.578. The summed E-state index contributed by atoms with van der Waals surface area (Å²) in [6.07, 6.45) is 1.70. The van der Waals surface area contributed by atoms with E-state index in [-0.39, 0.29) is 0 Å². The Morgan fingerprint density at radius 2 is 2.42 bits per heavy atom. The molecular weight excluding hydrogens is 152 g/mol. The molecule has 1 heterocycles. The number of aromatic nitrogens is 2. The Labute approximate surface area is 72.1 Å². The van der Waals surface area contributed by atoms with Gasteiger partial charge in [0.25, 0.3) is 0 Å². The molecule has 64 valence electrons. The van der Waals surface area contributed by atoms with Crippen molar-refractivity contribution in [3.8, 4) is 0 Å². The summed E-state index contributed by atoms with van der Waals surface area (Å²) in [7, 11) is 0. The maximum atomic E-state index is 5.19. The molecule has 0 atom stereocenters. The van der Waals surface area contributed by atoms with Crippen molar-refractivity contribution in [3.05, 3.63) is 30.1 Å². The fourth-order valence-electron chi connectivity index (χ4n) is 0.848. The van der Waals surface area contributed by atoms with Crippen molar-refractivity contribution >= 4 is 5.76 Å². The van der Waals surface area contributed by atoms with Crippen molar-refractivity contribution in [3.63, 3.8) is 0 Å². The summed E-state index contributed by atoms with van der Waals surface area (Å²) in [5.41, 5.74) is 1.76. The number of ether oxygens (including phenoxy) is 1. The Morgan fingerprint density at radius 3 is 3.00 bits per heavy atom. The molecule has 0 saturated carbocycles. The van der Waals surface area contributed by atoms with Gasteiger partial charge in [-0.15, -0.1) is 5.10 Å². The molecule has 0 radical (unpaired) electrons. The monoisotopic (exact) mass is 164 g/mol. The van der Waals surface area contributed by atoms with E-state index in [0.717, 1.165) is 5.56 Å². The molecule has 0 aliphatic carbocycles. The van der Waals surface area contributed by atoms with E-state index in [0.29, 0.717) is 18.1 Å². The lowest BCUT2D eigenvalue weighted by atomic mass is 10.3. The van der Waals surface area contributed by atoms with E-state index in [9.17, 15) is 0 Å². The lowest BCUT2D eigenvalue weighted by molar-refractivity contribution is 0.297. The third kappa shape index (κ3) is 2.05. The van der Waals surface area contributed by atoms with Crippen LogP contribution in [0, 0.1) is 6.92 Å². The summed E-state index contributed by atoms with van der Waals surface area (Å²) in [4.78, 5) is 0. The van der Waals surface area contributed by atoms with E-state index in [1.807, 2.05) is 19.9 Å². The molecule has 0 aromatic carbocycles. The van der Waals surface area contributed by atoms with E-state index in [4.69, 9.17) is 4.74 Å². The van der Waals surface area contributed by atoms with Crippen LogP contribution in [0.25, 0.3) is 5.76 Å². The molecule has 0 bridgehead atoms. The van der Waals surface area contributed by atoms with Crippen LogP contribution in [0.1, 0.15) is 18.2 Å². The van der Waals surface area contributed by atoms with Gasteiger partial charge < -0.3 is 4.74 Å². The minimum Gasteiger partial charge on any atom is -0.492 e. The van der Waals surface area contributed by atoms with Gasteiger partial charge in [-0.05, 0) is 25.5 Å². The smallest absolute Gasteiger partial charge is 0.139 e. The van der Waals surface area contributed by atoms with Gasteiger partial charge in [0.15, 0.2) is 0 Å². The van der Waals surface area contributed by atoms with Gasteiger partial charge in [-0.3, -0.25) is 0 Å². The van der Waals surface area contributed by atoms with Crippen LogP contribution in [-0.2, 0) is 4.74 Å². The van der Waals surface area contributed by atoms with Crippen LogP contribution in [0.4, 0.5) is 0 Å². The SMILES string of the molecule is C=C(OCC)c1cc(C)cnn1. The standard InChI is InChI=1S/C9H12N2O/c1-4-12-8(3)9-5-7(2)6-10-11-9/h5-6H,3-4H2,1-2H3. The van der Waals surface area contributed by atoms with E-state index < -0.39 is 0 Å². The van der Waals surface area contributed by atoms with Crippen LogP contribution in [0.3, 0.4) is 0 Å². The highest BCUT2D eigenvalue weighted by Crippen LogP contribution is 2.10. The van der Waals surface area contributed by atoms with Crippen molar-refractivity contribution < 1.29 is 4.74 Å². The van der Waals surface area contributed by atoms with Crippen molar-refractivity contribution in [2.75, 3.05) is 6.61 Å². The normalized spacial score (nSPS) is 9.50. The Kier molecular flexibility index (Phi) is 2.80. The first-order chi connectivity index (χ1) is 5.74. The van der Waals surface area contributed by atoms with Crippen molar-refractivity contribution in [2.24, 2.45) is 0 Å². The minimum absolute atomic E-state index is 0.578. The van der Waals surface area contributed by atoms with Crippen LogP contribution in [0.15, 0.2) is 18.8 Å². The Hall–Kier alpha value is -1.38. The Bertz CT molecular complexity index is 284. The number of hydrogen-bond acceptors (Lipinski definition) is 3. The van der Waals surface area contributed by atoms with Gasteiger partial charge in [0.1, 0.15) is 11.5 Å². The third-order valence-corrected chi connectivity index (χ3v) is 1.40. The first kappa shape index (κ1) is 8.71. The van der Waals surface area contributed by atoms with Crippen molar-refractivity contribution in [2.45, 2.75) is 13.8 Å². The second-order valence-electron chi connectivity index (χ2n) is 2.47. The first-order valence-corrected chi connectivity index (χ1v) is 3.85. The van der Waals surface area contributed by atoms with Gasteiger partial charge in [0.2, 0.25) is 0 Å². The number of nitrogens with zero attached hydrogens (tertiary/aromatic N) is 2. The van der Waals surface area contributed by atoms with Gasteiger partial charge >= 0.3 is 0 Å². The molecule has 12 heavy (non-hydrogen) atoms. The fraction of sp³-hybridized carbons (Fsp3) is 0.333. The van der Waals surface area contributed by atoms with Crippen LogP contribution in [-0.4, -0.2) is 16.8 Å². The molecule has 0 aliphatic heterocycles. The zero-order valence-corrected chi connectivity index (χ0v) is 7.37. The molecule has 3 nitrogen and oxygen atoms in total. The van der Waals surface area contributed by atoms with Gasteiger partial charge in [-0.25, -0.2) is 0 Å².